The van der Waals surface area contributed by atoms with E-state index >= 15 is 0 Å². The lowest BCUT2D eigenvalue weighted by Gasteiger charge is -2.34. The van der Waals surface area contributed by atoms with E-state index in [9.17, 15) is 4.79 Å². The van der Waals surface area contributed by atoms with Crippen molar-refractivity contribution in [2.45, 2.75) is 84.1 Å². The van der Waals surface area contributed by atoms with Crippen LogP contribution in [0.4, 0.5) is 4.79 Å². The van der Waals surface area contributed by atoms with Crippen LogP contribution < -0.4 is 16.0 Å². The van der Waals surface area contributed by atoms with Crippen molar-refractivity contribution in [2.75, 3.05) is 33.4 Å². The Hall–Kier alpha value is -1.54. The zero-order chi connectivity index (χ0) is 21.2. The molecule has 0 spiro atoms. The van der Waals surface area contributed by atoms with Gasteiger partial charge in [-0.1, -0.05) is 13.8 Å². The Kier molecular flexibility index (Phi) is 10.0. The van der Waals surface area contributed by atoms with E-state index in [0.29, 0.717) is 25.7 Å². The molecule has 1 aliphatic heterocycles. The normalized spacial score (nSPS) is 19.2. The fraction of sp³-hybridized carbons (Fsp3) is 0.900. The minimum absolute atomic E-state index is 0.100. The molecule has 0 aromatic heterocycles. The minimum atomic E-state index is -0.526. The van der Waals surface area contributed by atoms with E-state index < -0.39 is 17.2 Å². The Labute approximate surface area is 170 Å². The number of alkyl carbamates (subject to hydrolysis) is 1. The molecule has 0 saturated carbocycles. The molecule has 8 heteroatoms. The Morgan fingerprint density at radius 2 is 1.96 bits per heavy atom. The monoisotopic (exact) mass is 400 g/mol. The maximum Gasteiger partial charge on any atom is 0.408 e. The largest absolute Gasteiger partial charge is 0.444 e. The maximum atomic E-state index is 12.3. The predicted octanol–water partition coefficient (Wildman–Crippen LogP) is 2.43. The number of nitrogens with one attached hydrogen (secondary N) is 3. The molecule has 0 bridgehead atoms. The number of guanidine groups is 1. The van der Waals surface area contributed by atoms with Crippen LogP contribution >= 0.6 is 0 Å². The van der Waals surface area contributed by atoms with Crippen LogP contribution in [0, 0.1) is 0 Å². The number of rotatable bonds is 9. The van der Waals surface area contributed by atoms with Crippen molar-refractivity contribution >= 4 is 12.1 Å². The molecule has 1 rings (SSSR count). The van der Waals surface area contributed by atoms with E-state index in [1.807, 2.05) is 20.8 Å². The first-order valence-corrected chi connectivity index (χ1v) is 10.3. The second-order valence-electron chi connectivity index (χ2n) is 8.40. The SMILES string of the molecule is CCC(CC)(CNC(=NC)NC(C)COC1CCOC1)NC(=O)OC(C)(C)C. The third kappa shape index (κ3) is 9.10. The third-order valence-corrected chi connectivity index (χ3v) is 4.79. The fourth-order valence-corrected chi connectivity index (χ4v) is 2.89. The molecule has 3 N–H and O–H groups in total. The molecule has 8 nitrogen and oxygen atoms in total. The first-order chi connectivity index (χ1) is 13.1. The highest BCUT2D eigenvalue weighted by Gasteiger charge is 2.30. The zero-order valence-electron chi connectivity index (χ0n) is 18.7. The van der Waals surface area contributed by atoms with Crippen molar-refractivity contribution in [2.24, 2.45) is 4.99 Å². The second kappa shape index (κ2) is 11.5. The molecule has 1 fully saturated rings. The predicted molar refractivity (Wildman–Crippen MR) is 112 cm³/mol. The quantitative estimate of drug-likeness (QED) is 0.407. The number of aliphatic imine (C=N–C) groups is 1. The van der Waals surface area contributed by atoms with Crippen LogP contribution in [-0.4, -0.2) is 68.8 Å². The molecule has 28 heavy (non-hydrogen) atoms. The van der Waals surface area contributed by atoms with Crippen molar-refractivity contribution in [1.29, 1.82) is 0 Å². The molecule has 2 atom stereocenters. The molecule has 1 amide bonds. The lowest BCUT2D eigenvalue weighted by Crippen LogP contribution is -2.57. The van der Waals surface area contributed by atoms with E-state index in [0.717, 1.165) is 25.9 Å². The van der Waals surface area contributed by atoms with Crippen LogP contribution in [0.25, 0.3) is 0 Å². The number of hydrogen-bond donors (Lipinski definition) is 3. The van der Waals surface area contributed by atoms with Gasteiger partial charge in [0.15, 0.2) is 5.96 Å². The molecule has 1 heterocycles. The minimum Gasteiger partial charge on any atom is -0.444 e. The Balaban J connectivity index is 2.52. The van der Waals surface area contributed by atoms with Gasteiger partial charge in [-0.15, -0.1) is 0 Å². The molecular formula is C20H40N4O4. The van der Waals surface area contributed by atoms with Gasteiger partial charge in [0.2, 0.25) is 0 Å². The van der Waals surface area contributed by atoms with Gasteiger partial charge in [-0.2, -0.15) is 0 Å². The van der Waals surface area contributed by atoms with Crippen molar-refractivity contribution in [1.82, 2.24) is 16.0 Å². The van der Waals surface area contributed by atoms with Gasteiger partial charge in [-0.3, -0.25) is 4.99 Å². The Morgan fingerprint density at radius 1 is 1.29 bits per heavy atom. The first-order valence-electron chi connectivity index (χ1n) is 10.3. The van der Waals surface area contributed by atoms with E-state index in [1.165, 1.54) is 0 Å². The highest BCUT2D eigenvalue weighted by molar-refractivity contribution is 5.80. The van der Waals surface area contributed by atoms with Crippen LogP contribution in [0.5, 0.6) is 0 Å². The lowest BCUT2D eigenvalue weighted by molar-refractivity contribution is 0.0347. The summed E-state index contributed by atoms with van der Waals surface area (Å²) in [5, 5.41) is 9.70. The molecular weight excluding hydrogens is 360 g/mol. The highest BCUT2D eigenvalue weighted by atomic mass is 16.6. The first kappa shape index (κ1) is 24.5. The average Bonchev–Trinajstić information content (AvgIpc) is 3.14. The van der Waals surface area contributed by atoms with E-state index in [4.69, 9.17) is 14.2 Å². The van der Waals surface area contributed by atoms with Gasteiger partial charge in [0.1, 0.15) is 5.60 Å². The third-order valence-electron chi connectivity index (χ3n) is 4.79. The number of carbonyl (C=O) groups is 1. The lowest BCUT2D eigenvalue weighted by atomic mass is 9.93. The summed E-state index contributed by atoms with van der Waals surface area (Å²) in [6, 6.07) is 0.100. The van der Waals surface area contributed by atoms with E-state index in [2.05, 4.69) is 41.7 Å². The number of ether oxygens (including phenoxy) is 3. The summed E-state index contributed by atoms with van der Waals surface area (Å²) in [5.74, 6) is 0.677. The summed E-state index contributed by atoms with van der Waals surface area (Å²) in [6.45, 7) is 14.3. The summed E-state index contributed by atoms with van der Waals surface area (Å²) in [5.41, 5.74) is -0.941. The van der Waals surface area contributed by atoms with Crippen LogP contribution in [0.3, 0.4) is 0 Å². The van der Waals surface area contributed by atoms with Gasteiger partial charge >= 0.3 is 6.09 Å². The van der Waals surface area contributed by atoms with Crippen LogP contribution in [-0.2, 0) is 14.2 Å². The maximum absolute atomic E-state index is 12.3. The average molecular weight is 401 g/mol. The molecule has 164 valence electrons. The fourth-order valence-electron chi connectivity index (χ4n) is 2.89. The number of hydrogen-bond acceptors (Lipinski definition) is 5. The van der Waals surface area contributed by atoms with Crippen molar-refractivity contribution in [3.05, 3.63) is 0 Å². The van der Waals surface area contributed by atoms with Crippen LogP contribution in [0.1, 0.15) is 60.8 Å². The topological polar surface area (TPSA) is 93.2 Å². The van der Waals surface area contributed by atoms with Crippen molar-refractivity contribution < 1.29 is 19.0 Å². The molecule has 0 aliphatic carbocycles. The summed E-state index contributed by atoms with van der Waals surface area (Å²) < 4.78 is 16.6. The van der Waals surface area contributed by atoms with Crippen LogP contribution in [0.15, 0.2) is 4.99 Å². The van der Waals surface area contributed by atoms with Crippen molar-refractivity contribution in [3.8, 4) is 0 Å². The van der Waals surface area contributed by atoms with E-state index in [1.54, 1.807) is 7.05 Å². The van der Waals surface area contributed by atoms with Crippen molar-refractivity contribution in [3.63, 3.8) is 0 Å². The standard InChI is InChI=1S/C20H40N4O4/c1-8-20(9-2,24-18(25)28-19(4,5)6)14-22-17(21-7)23-15(3)12-27-16-10-11-26-13-16/h15-16H,8-14H2,1-7H3,(H,24,25)(H2,21,22,23). The molecule has 0 radical (unpaired) electrons. The highest BCUT2D eigenvalue weighted by Crippen LogP contribution is 2.16. The van der Waals surface area contributed by atoms with Gasteiger partial charge < -0.3 is 30.2 Å². The summed E-state index contributed by atoms with van der Waals surface area (Å²) in [4.78, 5) is 16.5. The molecule has 1 aliphatic rings. The van der Waals surface area contributed by atoms with Gasteiger partial charge in [-0.25, -0.2) is 4.79 Å². The van der Waals surface area contributed by atoms with Gasteiger partial charge in [0.05, 0.1) is 24.9 Å². The zero-order valence-corrected chi connectivity index (χ0v) is 18.7. The molecule has 2 unspecified atom stereocenters. The summed E-state index contributed by atoms with van der Waals surface area (Å²) >= 11 is 0. The number of carbonyl (C=O) groups excluding carboxylic acids is 1. The second-order valence-corrected chi connectivity index (χ2v) is 8.40. The van der Waals surface area contributed by atoms with Crippen LogP contribution in [0.2, 0.25) is 0 Å². The number of nitrogens with zero attached hydrogens (tertiary/aromatic N) is 1. The Bertz CT molecular complexity index is 495. The van der Waals surface area contributed by atoms with E-state index in [-0.39, 0.29) is 12.1 Å². The van der Waals surface area contributed by atoms with Gasteiger partial charge in [0, 0.05) is 26.2 Å². The molecule has 1 saturated heterocycles. The summed E-state index contributed by atoms with van der Waals surface area (Å²) in [6.07, 6.45) is 2.28. The van der Waals surface area contributed by atoms with Gasteiger partial charge in [-0.05, 0) is 47.0 Å². The number of amides is 1. The Morgan fingerprint density at radius 3 is 2.46 bits per heavy atom. The van der Waals surface area contributed by atoms with Gasteiger partial charge in [0.25, 0.3) is 0 Å². The molecule has 0 aromatic rings. The smallest absolute Gasteiger partial charge is 0.408 e. The summed E-state index contributed by atoms with van der Waals surface area (Å²) in [7, 11) is 1.73. The molecule has 0 aromatic carbocycles.